The van der Waals surface area contributed by atoms with Crippen LogP contribution in [0.5, 0.6) is 0 Å². The molecule has 0 aliphatic heterocycles. The van der Waals surface area contributed by atoms with Gasteiger partial charge >= 0.3 is 19.8 Å². The number of nitrogens with zero attached hydrogens (tertiary/aromatic N) is 1. The first-order valence-corrected chi connectivity index (χ1v) is 30.7. The number of ether oxygens (including phenoxy) is 2. The standard InChI is InChI=1S/C61H110NO8P/c1-6-8-10-12-14-16-18-19-20-21-22-23-24-25-26-27-28-29-30-31-32-33-34-35-36-37-38-39-40-41-42-43-44-46-48-50-52-54-61(64)70-59(58-69-71(65,66)68-56-55-62(3,4)5)57-67-60(63)53-51-49-47-45-17-15-13-11-9-7-2/h8,10-11,13-14,16,19-20,22-23,25-26,59H,6-7,9,12,15,17-18,21,24,27-58H2,1-5H3/p+1/b10-8-,13-11-,16-14-,20-19-,23-22-,26-25-. The summed E-state index contributed by atoms with van der Waals surface area (Å²) < 4.78 is 34.4. The highest BCUT2D eigenvalue weighted by molar-refractivity contribution is 7.47. The first-order valence-electron chi connectivity index (χ1n) is 29.2. The fourth-order valence-corrected chi connectivity index (χ4v) is 8.73. The second-order valence-electron chi connectivity index (χ2n) is 20.6. The van der Waals surface area contributed by atoms with Crippen LogP contribution >= 0.6 is 7.82 Å². The Morgan fingerprint density at radius 2 is 0.803 bits per heavy atom. The van der Waals surface area contributed by atoms with Crippen molar-refractivity contribution in [1.29, 1.82) is 0 Å². The van der Waals surface area contributed by atoms with Crippen LogP contribution in [0.15, 0.2) is 72.9 Å². The van der Waals surface area contributed by atoms with Gasteiger partial charge in [-0.15, -0.1) is 0 Å². The number of likely N-dealkylation sites (N-methyl/N-ethyl adjacent to an activating group) is 1. The highest BCUT2D eigenvalue weighted by atomic mass is 31.2. The molecule has 1 N–H and O–H groups in total. The molecule has 0 fully saturated rings. The number of hydrogen-bond donors (Lipinski definition) is 1. The molecule has 0 rings (SSSR count). The van der Waals surface area contributed by atoms with Crippen molar-refractivity contribution in [3.8, 4) is 0 Å². The van der Waals surface area contributed by atoms with E-state index in [-0.39, 0.29) is 32.0 Å². The van der Waals surface area contributed by atoms with E-state index in [2.05, 4.69) is 86.8 Å². The number of unbranched alkanes of at least 4 members (excludes halogenated alkanes) is 27. The molecule has 0 aromatic heterocycles. The van der Waals surface area contributed by atoms with Gasteiger partial charge in [0.15, 0.2) is 6.10 Å². The van der Waals surface area contributed by atoms with Gasteiger partial charge in [0.05, 0.1) is 27.7 Å². The number of rotatable bonds is 53. The average molecular weight is 1020 g/mol. The first-order chi connectivity index (χ1) is 34.5. The summed E-state index contributed by atoms with van der Waals surface area (Å²) in [5.41, 5.74) is 0. The van der Waals surface area contributed by atoms with Crippen LogP contribution in [0, 0.1) is 0 Å². The van der Waals surface area contributed by atoms with Crippen LogP contribution in [0.3, 0.4) is 0 Å². The Morgan fingerprint density at radius 3 is 1.21 bits per heavy atom. The Balaban J connectivity index is 3.90. The van der Waals surface area contributed by atoms with Crippen molar-refractivity contribution in [1.82, 2.24) is 0 Å². The molecule has 71 heavy (non-hydrogen) atoms. The third-order valence-corrected chi connectivity index (χ3v) is 13.4. The van der Waals surface area contributed by atoms with Gasteiger partial charge in [0, 0.05) is 12.8 Å². The molecular weight excluding hydrogens is 906 g/mol. The number of phosphoric ester groups is 1. The normalized spacial score (nSPS) is 13.8. The van der Waals surface area contributed by atoms with E-state index in [1.54, 1.807) is 0 Å². The highest BCUT2D eigenvalue weighted by Gasteiger charge is 2.27. The maximum Gasteiger partial charge on any atom is 0.472 e. The maximum atomic E-state index is 12.8. The number of esters is 2. The van der Waals surface area contributed by atoms with E-state index in [9.17, 15) is 19.0 Å². The van der Waals surface area contributed by atoms with Crippen molar-refractivity contribution in [2.75, 3.05) is 47.5 Å². The molecule has 2 unspecified atom stereocenters. The van der Waals surface area contributed by atoms with Gasteiger partial charge in [-0.05, 0) is 77.0 Å². The molecule has 0 aromatic rings. The Labute approximate surface area is 438 Å². The number of carbonyl (C=O) groups excluding carboxylic acids is 2. The molecule has 0 aromatic carbocycles. The van der Waals surface area contributed by atoms with Crippen LogP contribution in [-0.2, 0) is 32.7 Å². The summed E-state index contributed by atoms with van der Waals surface area (Å²) in [5, 5.41) is 0. The Kier molecular flexibility index (Phi) is 50.4. The van der Waals surface area contributed by atoms with Crippen LogP contribution in [-0.4, -0.2) is 74.9 Å². The van der Waals surface area contributed by atoms with Crippen LogP contribution in [0.25, 0.3) is 0 Å². The number of phosphoric acid groups is 1. The average Bonchev–Trinajstić information content (AvgIpc) is 3.33. The SMILES string of the molecule is CC/C=C\C/C=C\C/C=C\C/C=C\C/C=C\CCCCCCCCCCCCCCCCCCCCCCCC(=O)OC(COC(=O)CCCCCCC/C=C\CCC)COP(=O)(O)OCC[N+](C)(C)C. The third-order valence-electron chi connectivity index (χ3n) is 12.5. The maximum absolute atomic E-state index is 12.8. The van der Waals surface area contributed by atoms with E-state index in [4.69, 9.17) is 18.5 Å². The fraction of sp³-hybridized carbons (Fsp3) is 0.770. The number of carbonyl (C=O) groups is 2. The minimum Gasteiger partial charge on any atom is -0.462 e. The Bertz CT molecular complexity index is 1430. The molecule has 0 heterocycles. The predicted octanol–water partition coefficient (Wildman–Crippen LogP) is 18.1. The summed E-state index contributed by atoms with van der Waals surface area (Å²) in [6.45, 7) is 4.25. The number of quaternary nitrogens is 1. The predicted molar refractivity (Wildman–Crippen MR) is 302 cm³/mol. The summed E-state index contributed by atoms with van der Waals surface area (Å²) in [4.78, 5) is 35.5. The van der Waals surface area contributed by atoms with Gasteiger partial charge < -0.3 is 18.9 Å². The zero-order valence-corrected chi connectivity index (χ0v) is 47.6. The highest BCUT2D eigenvalue weighted by Crippen LogP contribution is 2.43. The van der Waals surface area contributed by atoms with Gasteiger partial charge in [-0.1, -0.05) is 234 Å². The smallest absolute Gasteiger partial charge is 0.462 e. The quantitative estimate of drug-likeness (QED) is 0.0211. The monoisotopic (exact) mass is 1020 g/mol. The largest absolute Gasteiger partial charge is 0.472 e. The summed E-state index contributed by atoms with van der Waals surface area (Å²) in [6, 6.07) is 0. The van der Waals surface area contributed by atoms with E-state index >= 15 is 0 Å². The van der Waals surface area contributed by atoms with Crippen molar-refractivity contribution >= 4 is 19.8 Å². The van der Waals surface area contributed by atoms with Crippen molar-refractivity contribution in [2.24, 2.45) is 0 Å². The molecule has 0 radical (unpaired) electrons. The Morgan fingerprint density at radius 1 is 0.451 bits per heavy atom. The summed E-state index contributed by atoms with van der Waals surface area (Å²) in [6.07, 6.45) is 68.7. The van der Waals surface area contributed by atoms with E-state index in [0.717, 1.165) is 89.9 Å². The van der Waals surface area contributed by atoms with Crippen LogP contribution < -0.4 is 0 Å². The summed E-state index contributed by atoms with van der Waals surface area (Å²) in [5.74, 6) is -0.805. The molecule has 2 atom stereocenters. The molecule has 0 aliphatic rings. The van der Waals surface area contributed by atoms with Crippen LogP contribution in [0.4, 0.5) is 0 Å². The molecule has 0 saturated carbocycles. The van der Waals surface area contributed by atoms with Gasteiger partial charge in [-0.25, -0.2) is 4.57 Å². The van der Waals surface area contributed by atoms with Crippen LogP contribution in [0.1, 0.15) is 251 Å². The topological polar surface area (TPSA) is 108 Å². The minimum absolute atomic E-state index is 0.0303. The molecule has 10 heteroatoms. The molecule has 0 saturated heterocycles. The van der Waals surface area contributed by atoms with Crippen LogP contribution in [0.2, 0.25) is 0 Å². The van der Waals surface area contributed by atoms with Crippen molar-refractivity contribution < 1.29 is 42.1 Å². The van der Waals surface area contributed by atoms with Gasteiger partial charge in [0.1, 0.15) is 19.8 Å². The molecule has 0 bridgehead atoms. The molecule has 0 spiro atoms. The number of hydrogen-bond acceptors (Lipinski definition) is 7. The minimum atomic E-state index is -4.38. The molecule has 0 amide bonds. The third kappa shape index (κ3) is 56.6. The second-order valence-corrected chi connectivity index (χ2v) is 22.1. The Hall–Kier alpha value is -2.55. The second kappa shape index (κ2) is 52.3. The zero-order chi connectivity index (χ0) is 52.0. The first kappa shape index (κ1) is 68.5. The fourth-order valence-electron chi connectivity index (χ4n) is 7.99. The van der Waals surface area contributed by atoms with Gasteiger partial charge in [-0.2, -0.15) is 0 Å². The summed E-state index contributed by atoms with van der Waals surface area (Å²) >= 11 is 0. The molecule has 0 aliphatic carbocycles. The van der Waals surface area contributed by atoms with E-state index in [0.29, 0.717) is 17.4 Å². The summed E-state index contributed by atoms with van der Waals surface area (Å²) in [7, 11) is 1.48. The van der Waals surface area contributed by atoms with E-state index < -0.39 is 26.5 Å². The van der Waals surface area contributed by atoms with E-state index in [1.165, 1.54) is 128 Å². The molecule has 9 nitrogen and oxygen atoms in total. The van der Waals surface area contributed by atoms with Gasteiger partial charge in [0.2, 0.25) is 0 Å². The lowest BCUT2D eigenvalue weighted by Crippen LogP contribution is -2.37. The lowest BCUT2D eigenvalue weighted by Gasteiger charge is -2.24. The molecular formula is C61H111NO8P+. The van der Waals surface area contributed by atoms with Gasteiger partial charge in [-0.3, -0.25) is 18.6 Å². The van der Waals surface area contributed by atoms with Gasteiger partial charge in [0.25, 0.3) is 0 Å². The lowest BCUT2D eigenvalue weighted by atomic mass is 10.0. The lowest BCUT2D eigenvalue weighted by molar-refractivity contribution is -0.870. The number of allylic oxidation sites excluding steroid dienone is 12. The zero-order valence-electron chi connectivity index (χ0n) is 46.7. The van der Waals surface area contributed by atoms with Crippen molar-refractivity contribution in [2.45, 2.75) is 258 Å². The van der Waals surface area contributed by atoms with Crippen molar-refractivity contribution in [3.05, 3.63) is 72.9 Å². The van der Waals surface area contributed by atoms with Crippen molar-refractivity contribution in [3.63, 3.8) is 0 Å². The molecule has 412 valence electrons. The van der Waals surface area contributed by atoms with E-state index in [1.807, 2.05) is 21.1 Å².